The van der Waals surface area contributed by atoms with E-state index in [9.17, 15) is 18.0 Å². The van der Waals surface area contributed by atoms with Crippen LogP contribution in [0.3, 0.4) is 0 Å². The van der Waals surface area contributed by atoms with Gasteiger partial charge in [0.15, 0.2) is 11.5 Å². The maximum Gasteiger partial charge on any atom is 0.265 e. The molecule has 0 saturated carbocycles. The van der Waals surface area contributed by atoms with Crippen molar-refractivity contribution < 1.29 is 37.0 Å². The summed E-state index contributed by atoms with van der Waals surface area (Å²) in [5, 5.41) is 3.12. The Hall–Kier alpha value is -4.16. The lowest BCUT2D eigenvalue weighted by Gasteiger charge is -2.34. The number of nitrogens with one attached hydrogen (secondary N) is 1. The van der Waals surface area contributed by atoms with Gasteiger partial charge in [0.2, 0.25) is 11.8 Å². The van der Waals surface area contributed by atoms with Crippen LogP contribution >= 0.6 is 11.6 Å². The van der Waals surface area contributed by atoms with Crippen molar-refractivity contribution >= 4 is 39.1 Å². The summed E-state index contributed by atoms with van der Waals surface area (Å²) in [7, 11) is 1.26. The zero-order chi connectivity index (χ0) is 33.5. The fourth-order valence-electron chi connectivity index (χ4n) is 4.50. The van der Waals surface area contributed by atoms with Crippen LogP contribution < -0.4 is 28.6 Å². The second-order valence-corrected chi connectivity index (χ2v) is 13.4. The van der Waals surface area contributed by atoms with Crippen molar-refractivity contribution in [1.29, 1.82) is 0 Å². The second-order valence-electron chi connectivity index (χ2n) is 11.1. The van der Waals surface area contributed by atoms with Gasteiger partial charge in [-0.3, -0.25) is 13.9 Å². The monoisotopic (exact) mass is 661 g/mol. The van der Waals surface area contributed by atoms with E-state index in [1.54, 1.807) is 37.3 Å². The Morgan fingerprint density at radius 1 is 0.867 bits per heavy atom. The van der Waals surface area contributed by atoms with Crippen molar-refractivity contribution in [3.8, 4) is 23.0 Å². The Labute approximate surface area is 270 Å². The molecule has 0 spiro atoms. The van der Waals surface area contributed by atoms with Gasteiger partial charge in [0.05, 0.1) is 39.0 Å². The molecule has 2 amide bonds. The number of sulfonamides is 1. The normalized spacial score (nSPS) is 12.1. The average molecular weight is 662 g/mol. The van der Waals surface area contributed by atoms with Crippen LogP contribution in [-0.4, -0.2) is 71.7 Å². The highest BCUT2D eigenvalue weighted by atomic mass is 35.5. The number of ether oxygens (including phenoxy) is 4. The summed E-state index contributed by atoms with van der Waals surface area (Å²) in [6.07, 6.45) is 0. The summed E-state index contributed by atoms with van der Waals surface area (Å²) in [5.41, 5.74) is 0.126. The Morgan fingerprint density at radius 2 is 1.51 bits per heavy atom. The van der Waals surface area contributed by atoms with E-state index in [1.807, 2.05) is 20.8 Å². The van der Waals surface area contributed by atoms with Gasteiger partial charge in [-0.05, 0) is 75.7 Å². The first-order valence-electron chi connectivity index (χ1n) is 14.0. The van der Waals surface area contributed by atoms with Crippen molar-refractivity contribution in [2.24, 2.45) is 0 Å². The number of carbonyl (C=O) groups excluding carboxylic acids is 2. The van der Waals surface area contributed by atoms with Crippen LogP contribution in [0.15, 0.2) is 65.6 Å². The van der Waals surface area contributed by atoms with E-state index >= 15 is 0 Å². The molecule has 0 aliphatic rings. The zero-order valence-corrected chi connectivity index (χ0v) is 28.3. The number of hydrogen-bond acceptors (Lipinski definition) is 8. The van der Waals surface area contributed by atoms with Crippen molar-refractivity contribution in [2.75, 3.05) is 39.3 Å². The molecule has 1 atom stereocenters. The number of amides is 2. The summed E-state index contributed by atoms with van der Waals surface area (Å²) in [6.45, 7) is 6.38. The molecule has 0 radical (unpaired) electrons. The third-order valence-electron chi connectivity index (χ3n) is 6.78. The number of anilines is 1. The van der Waals surface area contributed by atoms with Gasteiger partial charge in [0.1, 0.15) is 24.1 Å². The predicted molar refractivity (Wildman–Crippen MR) is 173 cm³/mol. The Morgan fingerprint density at radius 3 is 2.11 bits per heavy atom. The second kappa shape index (κ2) is 14.7. The molecule has 11 nitrogen and oxygen atoms in total. The van der Waals surface area contributed by atoms with Crippen LogP contribution in [0.2, 0.25) is 5.02 Å². The molecule has 0 fully saturated rings. The standard InChI is InChI=1S/C32H40ClN3O8S/c1-21(31(38)34-32(2,3)4)35(19-22-10-9-11-24(16-22)41-5)30(37)20-36(26-17-23(33)12-14-27(26)42-6)45(39,40)25-13-15-28(43-7)29(18-25)44-8/h9-18,21H,19-20H2,1-8H3,(H,34,38). The third-order valence-corrected chi connectivity index (χ3v) is 8.77. The summed E-state index contributed by atoms with van der Waals surface area (Å²) in [6, 6.07) is 14.6. The molecular weight excluding hydrogens is 622 g/mol. The summed E-state index contributed by atoms with van der Waals surface area (Å²) in [4.78, 5) is 28.8. The lowest BCUT2D eigenvalue weighted by atomic mass is 10.1. The maximum absolute atomic E-state index is 14.3. The molecule has 45 heavy (non-hydrogen) atoms. The van der Waals surface area contributed by atoms with Crippen molar-refractivity contribution in [3.05, 3.63) is 71.2 Å². The van der Waals surface area contributed by atoms with Crippen molar-refractivity contribution in [3.63, 3.8) is 0 Å². The van der Waals surface area contributed by atoms with Gasteiger partial charge in [-0.15, -0.1) is 0 Å². The van der Waals surface area contributed by atoms with Crippen LogP contribution in [-0.2, 0) is 26.2 Å². The molecule has 0 aromatic heterocycles. The lowest BCUT2D eigenvalue weighted by molar-refractivity contribution is -0.140. The first kappa shape index (κ1) is 35.3. The van der Waals surface area contributed by atoms with E-state index in [1.165, 1.54) is 63.7 Å². The van der Waals surface area contributed by atoms with Crippen LogP contribution in [0, 0.1) is 0 Å². The first-order chi connectivity index (χ1) is 21.1. The number of rotatable bonds is 13. The minimum Gasteiger partial charge on any atom is -0.497 e. The molecule has 13 heteroatoms. The number of methoxy groups -OCH3 is 4. The minimum atomic E-state index is -4.46. The van der Waals surface area contributed by atoms with Gasteiger partial charge in [-0.2, -0.15) is 0 Å². The molecule has 3 aromatic rings. The minimum absolute atomic E-state index is 0.00824. The molecule has 0 heterocycles. The van der Waals surface area contributed by atoms with E-state index in [0.29, 0.717) is 17.1 Å². The molecular formula is C32H40ClN3O8S. The highest BCUT2D eigenvalue weighted by Crippen LogP contribution is 2.37. The van der Waals surface area contributed by atoms with Crippen LogP contribution in [0.1, 0.15) is 33.3 Å². The van der Waals surface area contributed by atoms with Crippen LogP contribution in [0.25, 0.3) is 0 Å². The first-order valence-corrected chi connectivity index (χ1v) is 15.8. The molecule has 244 valence electrons. The van der Waals surface area contributed by atoms with E-state index in [4.69, 9.17) is 30.5 Å². The van der Waals surface area contributed by atoms with Crippen LogP contribution in [0.4, 0.5) is 5.69 Å². The molecule has 0 saturated heterocycles. The summed E-state index contributed by atoms with van der Waals surface area (Å²) >= 11 is 6.32. The van der Waals surface area contributed by atoms with E-state index in [2.05, 4.69) is 5.32 Å². The smallest absolute Gasteiger partial charge is 0.265 e. The molecule has 3 rings (SSSR count). The Kier molecular flexibility index (Phi) is 11.6. The molecule has 1 N–H and O–H groups in total. The Bertz CT molecular complexity index is 1620. The summed E-state index contributed by atoms with van der Waals surface area (Å²) < 4.78 is 51.0. The van der Waals surface area contributed by atoms with Gasteiger partial charge >= 0.3 is 0 Å². The number of carbonyl (C=O) groups is 2. The fraction of sp³-hybridized carbons (Fsp3) is 0.375. The highest BCUT2D eigenvalue weighted by Gasteiger charge is 2.35. The van der Waals surface area contributed by atoms with Crippen LogP contribution in [0.5, 0.6) is 23.0 Å². The van der Waals surface area contributed by atoms with Gasteiger partial charge < -0.3 is 29.2 Å². The van der Waals surface area contributed by atoms with Gasteiger partial charge in [0.25, 0.3) is 10.0 Å². The van der Waals surface area contributed by atoms with Gasteiger partial charge in [-0.1, -0.05) is 23.7 Å². The van der Waals surface area contributed by atoms with E-state index < -0.39 is 40.0 Å². The number of hydrogen-bond donors (Lipinski definition) is 1. The Balaban J connectivity index is 2.16. The molecule has 0 aliphatic heterocycles. The zero-order valence-electron chi connectivity index (χ0n) is 26.7. The van der Waals surface area contributed by atoms with Crippen molar-refractivity contribution in [1.82, 2.24) is 10.2 Å². The number of nitrogens with zero attached hydrogens (tertiary/aromatic N) is 2. The lowest BCUT2D eigenvalue weighted by Crippen LogP contribution is -2.54. The number of halogens is 1. The van der Waals surface area contributed by atoms with Crippen molar-refractivity contribution in [2.45, 2.75) is 50.7 Å². The number of benzene rings is 3. The largest absolute Gasteiger partial charge is 0.497 e. The molecule has 1 unspecified atom stereocenters. The van der Waals surface area contributed by atoms with E-state index in [-0.39, 0.29) is 33.6 Å². The SMILES string of the molecule is COc1cccc(CN(C(=O)CN(c2cc(Cl)ccc2OC)S(=O)(=O)c2ccc(OC)c(OC)c2)C(C)C(=O)NC(C)(C)C)c1. The highest BCUT2D eigenvalue weighted by molar-refractivity contribution is 7.92. The molecule has 0 aliphatic carbocycles. The third kappa shape index (κ3) is 8.73. The average Bonchev–Trinajstić information content (AvgIpc) is 3.00. The predicted octanol–water partition coefficient (Wildman–Crippen LogP) is 4.90. The maximum atomic E-state index is 14.3. The topological polar surface area (TPSA) is 124 Å². The summed E-state index contributed by atoms with van der Waals surface area (Å²) in [5.74, 6) is 0.161. The molecule has 0 bridgehead atoms. The molecule has 3 aromatic carbocycles. The van der Waals surface area contributed by atoms with E-state index in [0.717, 1.165) is 4.31 Å². The van der Waals surface area contributed by atoms with Gasteiger partial charge in [0, 0.05) is 23.2 Å². The quantitative estimate of drug-likeness (QED) is 0.274. The fourth-order valence-corrected chi connectivity index (χ4v) is 6.10. The van der Waals surface area contributed by atoms with Gasteiger partial charge in [-0.25, -0.2) is 8.42 Å².